The highest BCUT2D eigenvalue weighted by Gasteiger charge is 2.31. The SMILES string of the molecule is Cc1c(C(=O)N2CCC(C)CC2CN)cccc1N1CCNC1=O. The quantitative estimate of drug-likeness (QED) is 0.886. The summed E-state index contributed by atoms with van der Waals surface area (Å²) in [6.45, 7) is 6.62. The van der Waals surface area contributed by atoms with E-state index in [4.69, 9.17) is 5.73 Å². The molecule has 3 rings (SSSR count). The van der Waals surface area contributed by atoms with E-state index < -0.39 is 0 Å². The average molecular weight is 330 g/mol. The number of rotatable bonds is 3. The maximum absolute atomic E-state index is 13.1. The number of carbonyl (C=O) groups excluding carboxylic acids is 2. The summed E-state index contributed by atoms with van der Waals surface area (Å²) in [4.78, 5) is 28.7. The van der Waals surface area contributed by atoms with Crippen LogP contribution in [0.5, 0.6) is 0 Å². The average Bonchev–Trinajstić information content (AvgIpc) is 3.00. The van der Waals surface area contributed by atoms with Crippen molar-refractivity contribution in [3.8, 4) is 0 Å². The molecule has 2 heterocycles. The van der Waals surface area contributed by atoms with Gasteiger partial charge in [-0.15, -0.1) is 0 Å². The first kappa shape index (κ1) is 16.8. The summed E-state index contributed by atoms with van der Waals surface area (Å²) in [5, 5.41) is 2.80. The number of nitrogens with one attached hydrogen (secondary N) is 1. The molecule has 0 aromatic heterocycles. The molecule has 3 N–H and O–H groups in total. The number of anilines is 1. The van der Waals surface area contributed by atoms with Gasteiger partial charge >= 0.3 is 6.03 Å². The molecule has 2 aliphatic heterocycles. The number of piperidine rings is 1. The minimum Gasteiger partial charge on any atom is -0.336 e. The molecule has 2 unspecified atom stereocenters. The van der Waals surface area contributed by atoms with E-state index in [1.165, 1.54) is 0 Å². The smallest absolute Gasteiger partial charge is 0.322 e. The lowest BCUT2D eigenvalue weighted by Crippen LogP contribution is -2.49. The van der Waals surface area contributed by atoms with E-state index >= 15 is 0 Å². The van der Waals surface area contributed by atoms with Crippen LogP contribution in [0.1, 0.15) is 35.7 Å². The van der Waals surface area contributed by atoms with E-state index in [1.807, 2.05) is 30.0 Å². The van der Waals surface area contributed by atoms with Crippen LogP contribution in [0.25, 0.3) is 0 Å². The van der Waals surface area contributed by atoms with Crippen molar-refractivity contribution < 1.29 is 9.59 Å². The van der Waals surface area contributed by atoms with Crippen LogP contribution in [-0.2, 0) is 0 Å². The Bertz CT molecular complexity index is 646. The summed E-state index contributed by atoms with van der Waals surface area (Å²) < 4.78 is 0. The number of urea groups is 1. The molecule has 24 heavy (non-hydrogen) atoms. The van der Waals surface area contributed by atoms with E-state index in [-0.39, 0.29) is 18.0 Å². The fraction of sp³-hybridized carbons (Fsp3) is 0.556. The van der Waals surface area contributed by atoms with Gasteiger partial charge in [-0.25, -0.2) is 4.79 Å². The highest BCUT2D eigenvalue weighted by Crippen LogP contribution is 2.28. The number of hydrogen-bond acceptors (Lipinski definition) is 3. The van der Waals surface area contributed by atoms with Gasteiger partial charge in [0.2, 0.25) is 0 Å². The molecular formula is C18H26N4O2. The molecule has 0 aliphatic carbocycles. The molecule has 0 spiro atoms. The van der Waals surface area contributed by atoms with Gasteiger partial charge < -0.3 is 16.0 Å². The summed E-state index contributed by atoms with van der Waals surface area (Å²) >= 11 is 0. The second kappa shape index (κ2) is 6.81. The van der Waals surface area contributed by atoms with E-state index in [9.17, 15) is 9.59 Å². The van der Waals surface area contributed by atoms with Crippen LogP contribution in [-0.4, -0.2) is 49.1 Å². The van der Waals surface area contributed by atoms with Crippen LogP contribution in [0, 0.1) is 12.8 Å². The molecule has 2 saturated heterocycles. The molecule has 130 valence electrons. The number of nitrogens with zero attached hydrogens (tertiary/aromatic N) is 2. The molecule has 1 aromatic rings. The predicted molar refractivity (Wildman–Crippen MR) is 94.2 cm³/mol. The lowest BCUT2D eigenvalue weighted by Gasteiger charge is -2.38. The fourth-order valence-electron chi connectivity index (χ4n) is 3.75. The number of likely N-dealkylation sites (tertiary alicyclic amines) is 1. The van der Waals surface area contributed by atoms with Gasteiger partial charge in [-0.2, -0.15) is 0 Å². The van der Waals surface area contributed by atoms with Gasteiger partial charge in [0, 0.05) is 43.5 Å². The summed E-state index contributed by atoms with van der Waals surface area (Å²) in [6.07, 6.45) is 1.96. The van der Waals surface area contributed by atoms with Crippen molar-refractivity contribution in [1.29, 1.82) is 0 Å². The third-order valence-electron chi connectivity index (χ3n) is 5.19. The van der Waals surface area contributed by atoms with E-state index in [2.05, 4.69) is 12.2 Å². The van der Waals surface area contributed by atoms with Crippen molar-refractivity contribution in [1.82, 2.24) is 10.2 Å². The molecule has 2 fully saturated rings. The van der Waals surface area contributed by atoms with Gasteiger partial charge in [-0.3, -0.25) is 9.69 Å². The molecule has 2 atom stereocenters. The van der Waals surface area contributed by atoms with Crippen molar-refractivity contribution in [3.63, 3.8) is 0 Å². The molecular weight excluding hydrogens is 304 g/mol. The molecule has 2 aliphatic rings. The zero-order valence-electron chi connectivity index (χ0n) is 14.4. The molecule has 0 saturated carbocycles. The summed E-state index contributed by atoms with van der Waals surface area (Å²) in [5.41, 5.74) is 8.24. The summed E-state index contributed by atoms with van der Waals surface area (Å²) in [5.74, 6) is 0.625. The largest absolute Gasteiger partial charge is 0.336 e. The number of hydrogen-bond donors (Lipinski definition) is 2. The van der Waals surface area contributed by atoms with Crippen LogP contribution in [0.15, 0.2) is 18.2 Å². The maximum Gasteiger partial charge on any atom is 0.322 e. The van der Waals surface area contributed by atoms with E-state index in [0.717, 1.165) is 30.6 Å². The first-order chi connectivity index (χ1) is 11.5. The van der Waals surface area contributed by atoms with Gasteiger partial charge in [0.1, 0.15) is 0 Å². The second-order valence-corrected chi connectivity index (χ2v) is 6.85. The highest BCUT2D eigenvalue weighted by atomic mass is 16.2. The number of benzene rings is 1. The minimum atomic E-state index is -0.102. The standard InChI is InChI=1S/C18H26N4O2/c1-12-6-8-21(14(10-12)11-19)17(23)15-4-3-5-16(13(15)2)22-9-7-20-18(22)24/h3-5,12,14H,6-11,19H2,1-2H3,(H,20,24). The Labute approximate surface area is 143 Å². The van der Waals surface area contributed by atoms with Crippen LogP contribution >= 0.6 is 0 Å². The first-order valence-corrected chi connectivity index (χ1v) is 8.69. The third kappa shape index (κ3) is 2.98. The number of nitrogens with two attached hydrogens (primary N) is 1. The third-order valence-corrected chi connectivity index (χ3v) is 5.19. The van der Waals surface area contributed by atoms with Gasteiger partial charge in [-0.05, 0) is 43.4 Å². The number of amides is 3. The van der Waals surface area contributed by atoms with Crippen LogP contribution in [0.4, 0.5) is 10.5 Å². The lowest BCUT2D eigenvalue weighted by atomic mass is 9.91. The minimum absolute atomic E-state index is 0.0244. The molecule has 0 bridgehead atoms. The van der Waals surface area contributed by atoms with Crippen molar-refractivity contribution in [3.05, 3.63) is 29.3 Å². The molecule has 0 radical (unpaired) electrons. The van der Waals surface area contributed by atoms with Gasteiger partial charge in [0.15, 0.2) is 0 Å². The van der Waals surface area contributed by atoms with Gasteiger partial charge in [0.25, 0.3) is 5.91 Å². The van der Waals surface area contributed by atoms with Crippen LogP contribution in [0.3, 0.4) is 0 Å². The topological polar surface area (TPSA) is 78.7 Å². The van der Waals surface area contributed by atoms with Gasteiger partial charge in [0.05, 0.1) is 0 Å². The van der Waals surface area contributed by atoms with Crippen molar-refractivity contribution >= 4 is 17.6 Å². The summed E-state index contributed by atoms with van der Waals surface area (Å²) in [7, 11) is 0. The zero-order valence-corrected chi connectivity index (χ0v) is 14.4. The van der Waals surface area contributed by atoms with Crippen LogP contribution in [0.2, 0.25) is 0 Å². The Morgan fingerprint density at radius 3 is 2.83 bits per heavy atom. The Balaban J connectivity index is 1.89. The van der Waals surface area contributed by atoms with E-state index in [0.29, 0.717) is 31.1 Å². The Kier molecular flexibility index (Phi) is 4.76. The molecule has 6 nitrogen and oxygen atoms in total. The highest BCUT2D eigenvalue weighted by molar-refractivity contribution is 6.00. The van der Waals surface area contributed by atoms with Crippen molar-refractivity contribution in [2.24, 2.45) is 11.7 Å². The van der Waals surface area contributed by atoms with E-state index in [1.54, 1.807) is 4.90 Å². The monoisotopic (exact) mass is 330 g/mol. The lowest BCUT2D eigenvalue weighted by molar-refractivity contribution is 0.0573. The molecule has 1 aromatic carbocycles. The zero-order chi connectivity index (χ0) is 17.3. The number of carbonyl (C=O) groups is 2. The molecule has 3 amide bonds. The first-order valence-electron chi connectivity index (χ1n) is 8.69. The summed E-state index contributed by atoms with van der Waals surface area (Å²) in [6, 6.07) is 5.59. The Morgan fingerprint density at radius 1 is 1.38 bits per heavy atom. The van der Waals surface area contributed by atoms with Gasteiger partial charge in [-0.1, -0.05) is 13.0 Å². The normalized spacial score (nSPS) is 24.2. The van der Waals surface area contributed by atoms with Crippen LogP contribution < -0.4 is 16.0 Å². The Hall–Kier alpha value is -2.08. The fourth-order valence-corrected chi connectivity index (χ4v) is 3.75. The van der Waals surface area contributed by atoms with Crippen molar-refractivity contribution in [2.75, 3.05) is 31.1 Å². The predicted octanol–water partition coefficient (Wildman–Crippen LogP) is 1.72. The maximum atomic E-state index is 13.1. The van der Waals surface area contributed by atoms with Crippen molar-refractivity contribution in [2.45, 2.75) is 32.7 Å². The second-order valence-electron chi connectivity index (χ2n) is 6.85. The Morgan fingerprint density at radius 2 is 2.17 bits per heavy atom. The molecule has 6 heteroatoms.